The van der Waals surface area contributed by atoms with Crippen LogP contribution in [-0.4, -0.2) is 11.0 Å². The second kappa shape index (κ2) is 5.67. The average Bonchev–Trinajstić information content (AvgIpc) is 2.39. The largest absolute Gasteiger partial charge is 0.392 e. The van der Waals surface area contributed by atoms with E-state index in [0.29, 0.717) is 16.3 Å². The number of halogens is 1. The zero-order valence-electron chi connectivity index (χ0n) is 9.56. The third-order valence-electron chi connectivity index (χ3n) is 2.48. The van der Waals surface area contributed by atoms with Crippen molar-refractivity contribution in [2.45, 2.75) is 6.61 Å². The van der Waals surface area contributed by atoms with Gasteiger partial charge in [-0.05, 0) is 35.9 Å². The van der Waals surface area contributed by atoms with Crippen LogP contribution in [0.4, 0.5) is 5.69 Å². The van der Waals surface area contributed by atoms with E-state index in [0.717, 1.165) is 5.56 Å². The quantitative estimate of drug-likeness (QED) is 0.892. The molecule has 0 bridgehead atoms. The van der Waals surface area contributed by atoms with Crippen molar-refractivity contribution in [2.24, 2.45) is 0 Å². The molecule has 0 fully saturated rings. The lowest BCUT2D eigenvalue weighted by Crippen LogP contribution is -2.11. The number of amides is 1. The molecule has 4 heteroatoms. The molecule has 18 heavy (non-hydrogen) atoms. The normalized spacial score (nSPS) is 10.1. The molecule has 0 saturated heterocycles. The number of rotatable bonds is 3. The maximum Gasteiger partial charge on any atom is 0.255 e. The fourth-order valence-corrected chi connectivity index (χ4v) is 1.72. The van der Waals surface area contributed by atoms with Gasteiger partial charge < -0.3 is 10.4 Å². The SMILES string of the molecule is O=C(Nc1ccc(CO)cc1)c1cccc(Cl)c1. The van der Waals surface area contributed by atoms with Gasteiger partial charge in [-0.2, -0.15) is 0 Å². The Labute approximate surface area is 110 Å². The Hall–Kier alpha value is -1.84. The van der Waals surface area contributed by atoms with Gasteiger partial charge in [0.15, 0.2) is 0 Å². The number of hydrogen-bond donors (Lipinski definition) is 2. The van der Waals surface area contributed by atoms with E-state index in [2.05, 4.69) is 5.32 Å². The van der Waals surface area contributed by atoms with E-state index in [1.165, 1.54) is 0 Å². The number of carbonyl (C=O) groups excluding carboxylic acids is 1. The van der Waals surface area contributed by atoms with Gasteiger partial charge in [0.2, 0.25) is 0 Å². The van der Waals surface area contributed by atoms with Gasteiger partial charge in [0.1, 0.15) is 0 Å². The van der Waals surface area contributed by atoms with E-state index in [1.807, 2.05) is 0 Å². The number of aliphatic hydroxyl groups is 1. The Balaban J connectivity index is 2.11. The minimum Gasteiger partial charge on any atom is -0.392 e. The molecule has 2 rings (SSSR count). The molecule has 0 heterocycles. The minimum atomic E-state index is -0.214. The molecule has 3 nitrogen and oxygen atoms in total. The molecule has 0 radical (unpaired) electrons. The third-order valence-corrected chi connectivity index (χ3v) is 2.72. The average molecular weight is 262 g/mol. The maximum atomic E-state index is 11.9. The van der Waals surface area contributed by atoms with Crippen molar-refractivity contribution in [3.8, 4) is 0 Å². The number of aliphatic hydroxyl groups excluding tert-OH is 1. The molecule has 2 aromatic carbocycles. The number of carbonyl (C=O) groups is 1. The summed E-state index contributed by atoms with van der Waals surface area (Å²) in [7, 11) is 0. The lowest BCUT2D eigenvalue weighted by Gasteiger charge is -2.06. The van der Waals surface area contributed by atoms with E-state index in [4.69, 9.17) is 16.7 Å². The second-order valence-electron chi connectivity index (χ2n) is 3.82. The zero-order chi connectivity index (χ0) is 13.0. The van der Waals surface area contributed by atoms with Crippen LogP contribution in [-0.2, 0) is 6.61 Å². The smallest absolute Gasteiger partial charge is 0.255 e. The summed E-state index contributed by atoms with van der Waals surface area (Å²) in [6.45, 7) is -0.0114. The topological polar surface area (TPSA) is 49.3 Å². The Bertz CT molecular complexity index is 552. The van der Waals surface area contributed by atoms with Gasteiger partial charge >= 0.3 is 0 Å². The Morgan fingerprint density at radius 1 is 1.17 bits per heavy atom. The minimum absolute atomic E-state index is 0.0114. The highest BCUT2D eigenvalue weighted by atomic mass is 35.5. The molecule has 2 N–H and O–H groups in total. The van der Waals surface area contributed by atoms with Crippen LogP contribution in [0.15, 0.2) is 48.5 Å². The molecule has 0 aliphatic carbocycles. The standard InChI is InChI=1S/C14H12ClNO2/c15-12-3-1-2-11(8-12)14(18)16-13-6-4-10(9-17)5-7-13/h1-8,17H,9H2,(H,16,18). The first-order valence-electron chi connectivity index (χ1n) is 5.46. The van der Waals surface area contributed by atoms with Crippen molar-refractivity contribution in [3.63, 3.8) is 0 Å². The van der Waals surface area contributed by atoms with Gasteiger partial charge in [-0.3, -0.25) is 4.79 Å². The fraction of sp³-hybridized carbons (Fsp3) is 0.0714. The van der Waals surface area contributed by atoms with Crippen molar-refractivity contribution < 1.29 is 9.90 Å². The summed E-state index contributed by atoms with van der Waals surface area (Å²) < 4.78 is 0. The molecule has 2 aromatic rings. The number of nitrogens with one attached hydrogen (secondary N) is 1. The summed E-state index contributed by atoms with van der Waals surface area (Å²) in [5, 5.41) is 12.2. The van der Waals surface area contributed by atoms with E-state index in [-0.39, 0.29) is 12.5 Å². The maximum absolute atomic E-state index is 11.9. The van der Waals surface area contributed by atoms with Gasteiger partial charge in [-0.1, -0.05) is 29.8 Å². The van der Waals surface area contributed by atoms with Gasteiger partial charge in [0.05, 0.1) is 6.61 Å². The summed E-state index contributed by atoms with van der Waals surface area (Å²) in [6, 6.07) is 13.8. The summed E-state index contributed by atoms with van der Waals surface area (Å²) in [5.41, 5.74) is 1.99. The van der Waals surface area contributed by atoms with Gasteiger partial charge in [0, 0.05) is 16.3 Å². The monoisotopic (exact) mass is 261 g/mol. The predicted molar refractivity (Wildman–Crippen MR) is 71.8 cm³/mol. The van der Waals surface area contributed by atoms with Crippen LogP contribution in [0.5, 0.6) is 0 Å². The summed E-state index contributed by atoms with van der Waals surface area (Å²) in [4.78, 5) is 11.9. The molecule has 0 unspecified atom stereocenters. The van der Waals surface area contributed by atoms with Crippen molar-refractivity contribution in [2.75, 3.05) is 5.32 Å². The highest BCUT2D eigenvalue weighted by molar-refractivity contribution is 6.31. The van der Waals surface area contributed by atoms with Crippen molar-refractivity contribution in [1.82, 2.24) is 0 Å². The Morgan fingerprint density at radius 3 is 2.50 bits per heavy atom. The van der Waals surface area contributed by atoms with Crippen LogP contribution in [0, 0.1) is 0 Å². The van der Waals surface area contributed by atoms with Gasteiger partial charge in [-0.15, -0.1) is 0 Å². The molecule has 1 amide bonds. The third kappa shape index (κ3) is 3.09. The lowest BCUT2D eigenvalue weighted by molar-refractivity contribution is 0.102. The van der Waals surface area contributed by atoms with E-state index in [1.54, 1.807) is 48.5 Å². The molecule has 0 aliphatic rings. The molecular weight excluding hydrogens is 250 g/mol. The first-order valence-corrected chi connectivity index (χ1v) is 5.83. The summed E-state index contributed by atoms with van der Waals surface area (Å²) in [5.74, 6) is -0.214. The number of benzene rings is 2. The van der Waals surface area contributed by atoms with E-state index < -0.39 is 0 Å². The van der Waals surface area contributed by atoms with Crippen molar-refractivity contribution in [3.05, 3.63) is 64.7 Å². The van der Waals surface area contributed by atoms with Crippen LogP contribution >= 0.6 is 11.6 Å². The Kier molecular flexibility index (Phi) is 3.97. The second-order valence-corrected chi connectivity index (χ2v) is 4.26. The zero-order valence-corrected chi connectivity index (χ0v) is 10.3. The van der Waals surface area contributed by atoms with Gasteiger partial charge in [0.25, 0.3) is 5.91 Å². The molecule has 0 aromatic heterocycles. The molecular formula is C14H12ClNO2. The van der Waals surface area contributed by atoms with Gasteiger partial charge in [-0.25, -0.2) is 0 Å². The summed E-state index contributed by atoms with van der Waals surface area (Å²) in [6.07, 6.45) is 0. The molecule has 0 spiro atoms. The number of hydrogen-bond acceptors (Lipinski definition) is 2. The first kappa shape index (κ1) is 12.6. The van der Waals surface area contributed by atoms with Crippen LogP contribution in [0.3, 0.4) is 0 Å². The van der Waals surface area contributed by atoms with Crippen LogP contribution in [0.25, 0.3) is 0 Å². The fourth-order valence-electron chi connectivity index (χ4n) is 1.53. The van der Waals surface area contributed by atoms with Crippen molar-refractivity contribution >= 4 is 23.2 Å². The van der Waals surface area contributed by atoms with Crippen LogP contribution in [0.1, 0.15) is 15.9 Å². The van der Waals surface area contributed by atoms with Crippen molar-refractivity contribution in [1.29, 1.82) is 0 Å². The number of anilines is 1. The molecule has 0 saturated carbocycles. The predicted octanol–water partition coefficient (Wildman–Crippen LogP) is 3.08. The Morgan fingerprint density at radius 2 is 1.89 bits per heavy atom. The molecule has 0 aliphatic heterocycles. The van der Waals surface area contributed by atoms with Crippen LogP contribution in [0.2, 0.25) is 5.02 Å². The van der Waals surface area contributed by atoms with E-state index in [9.17, 15) is 4.79 Å². The molecule has 0 atom stereocenters. The van der Waals surface area contributed by atoms with E-state index >= 15 is 0 Å². The lowest BCUT2D eigenvalue weighted by atomic mass is 10.2. The van der Waals surface area contributed by atoms with Crippen LogP contribution < -0.4 is 5.32 Å². The molecule has 92 valence electrons. The highest BCUT2D eigenvalue weighted by Crippen LogP contribution is 2.14. The summed E-state index contributed by atoms with van der Waals surface area (Å²) >= 11 is 5.82. The first-order chi connectivity index (χ1) is 8.69. The highest BCUT2D eigenvalue weighted by Gasteiger charge is 2.06.